The van der Waals surface area contributed by atoms with Crippen molar-refractivity contribution in [1.82, 2.24) is 0 Å². The van der Waals surface area contributed by atoms with Crippen LogP contribution in [0.1, 0.15) is 15.9 Å². The number of nitrogens with zero attached hydrogens (tertiary/aromatic N) is 1. The number of para-hydroxylation sites is 1. The van der Waals surface area contributed by atoms with Gasteiger partial charge in [0.25, 0.3) is 5.91 Å². The molecule has 0 heterocycles. The zero-order valence-electron chi connectivity index (χ0n) is 10.8. The third-order valence-electron chi connectivity index (χ3n) is 2.79. The number of nitro benzene ring substituents is 1. The highest BCUT2D eigenvalue weighted by Crippen LogP contribution is 2.23. The summed E-state index contributed by atoms with van der Waals surface area (Å²) in [5.41, 5.74) is 4.74. The Morgan fingerprint density at radius 3 is 2.62 bits per heavy atom. The summed E-state index contributed by atoms with van der Waals surface area (Å²) in [5.74, 6) is -1.44. The number of hydrogen-bond donors (Lipinski definition) is 1. The Kier molecular flexibility index (Phi) is 4.13. The van der Waals surface area contributed by atoms with Crippen molar-refractivity contribution in [1.29, 1.82) is 0 Å². The van der Waals surface area contributed by atoms with Crippen LogP contribution in [0.15, 0.2) is 42.5 Å². The number of carbonyl (C=O) groups is 1. The van der Waals surface area contributed by atoms with E-state index in [1.54, 1.807) is 12.1 Å². The van der Waals surface area contributed by atoms with Crippen LogP contribution in [0, 0.1) is 15.9 Å². The Morgan fingerprint density at radius 2 is 1.95 bits per heavy atom. The molecule has 0 unspecified atom stereocenters. The van der Waals surface area contributed by atoms with Crippen molar-refractivity contribution in [2.75, 3.05) is 0 Å². The summed E-state index contributed by atoms with van der Waals surface area (Å²) in [6.07, 6.45) is 0. The van der Waals surface area contributed by atoms with Gasteiger partial charge in [-0.05, 0) is 12.1 Å². The minimum Gasteiger partial charge on any atom is -0.488 e. The second-order valence-corrected chi connectivity index (χ2v) is 4.16. The minimum absolute atomic E-state index is 0.0171. The lowest BCUT2D eigenvalue weighted by Crippen LogP contribution is -2.13. The van der Waals surface area contributed by atoms with Crippen LogP contribution in [0.4, 0.5) is 10.1 Å². The van der Waals surface area contributed by atoms with Gasteiger partial charge in [-0.3, -0.25) is 14.9 Å². The van der Waals surface area contributed by atoms with Gasteiger partial charge in [0.05, 0.1) is 10.5 Å². The van der Waals surface area contributed by atoms with Crippen LogP contribution < -0.4 is 10.5 Å². The van der Waals surface area contributed by atoms with Gasteiger partial charge < -0.3 is 10.5 Å². The smallest absolute Gasteiger partial charge is 0.305 e. The van der Waals surface area contributed by atoms with E-state index in [1.165, 1.54) is 24.3 Å². The van der Waals surface area contributed by atoms with Crippen LogP contribution in [0.2, 0.25) is 0 Å². The van der Waals surface area contributed by atoms with Crippen LogP contribution in [-0.2, 0) is 6.61 Å². The first-order chi connectivity index (χ1) is 10.0. The van der Waals surface area contributed by atoms with Crippen molar-refractivity contribution in [2.24, 2.45) is 5.73 Å². The van der Waals surface area contributed by atoms with Gasteiger partial charge in [0.1, 0.15) is 12.4 Å². The maximum Gasteiger partial charge on any atom is 0.305 e. The van der Waals surface area contributed by atoms with Gasteiger partial charge in [-0.25, -0.2) is 0 Å². The third-order valence-corrected chi connectivity index (χ3v) is 2.79. The Balaban J connectivity index is 2.23. The van der Waals surface area contributed by atoms with Crippen molar-refractivity contribution in [2.45, 2.75) is 6.61 Å². The van der Waals surface area contributed by atoms with Crippen molar-refractivity contribution in [3.05, 3.63) is 69.5 Å². The predicted molar refractivity (Wildman–Crippen MR) is 72.3 cm³/mol. The second kappa shape index (κ2) is 6.00. The maximum atomic E-state index is 13.9. The number of nitro groups is 1. The van der Waals surface area contributed by atoms with Gasteiger partial charge in [-0.2, -0.15) is 4.39 Å². The summed E-state index contributed by atoms with van der Waals surface area (Å²) in [5, 5.41) is 10.7. The lowest BCUT2D eigenvalue weighted by molar-refractivity contribution is -0.387. The molecule has 0 aliphatic rings. The van der Waals surface area contributed by atoms with Gasteiger partial charge in [0.2, 0.25) is 5.82 Å². The Morgan fingerprint density at radius 1 is 1.24 bits per heavy atom. The van der Waals surface area contributed by atoms with Crippen molar-refractivity contribution < 1.29 is 18.8 Å². The molecule has 6 nitrogen and oxygen atoms in total. The molecule has 0 atom stereocenters. The average Bonchev–Trinajstić information content (AvgIpc) is 2.46. The first-order valence-corrected chi connectivity index (χ1v) is 5.94. The number of nitrogens with two attached hydrogens (primary N) is 1. The van der Waals surface area contributed by atoms with E-state index < -0.39 is 22.3 Å². The fourth-order valence-corrected chi connectivity index (χ4v) is 1.77. The third kappa shape index (κ3) is 3.14. The van der Waals surface area contributed by atoms with Gasteiger partial charge in [-0.15, -0.1) is 0 Å². The number of carbonyl (C=O) groups excluding carboxylic acids is 1. The van der Waals surface area contributed by atoms with E-state index in [-0.39, 0.29) is 23.5 Å². The molecule has 1 amide bonds. The predicted octanol–water partition coefficient (Wildman–Crippen LogP) is 2.41. The summed E-state index contributed by atoms with van der Waals surface area (Å²) in [6, 6.07) is 10.0. The average molecular weight is 290 g/mol. The van der Waals surface area contributed by atoms with Crippen LogP contribution in [0.5, 0.6) is 5.75 Å². The highest BCUT2D eigenvalue weighted by molar-refractivity contribution is 5.95. The van der Waals surface area contributed by atoms with Crippen LogP contribution in [0.3, 0.4) is 0 Å². The topological polar surface area (TPSA) is 95.5 Å². The molecule has 0 radical (unpaired) electrons. The van der Waals surface area contributed by atoms with E-state index in [2.05, 4.69) is 0 Å². The van der Waals surface area contributed by atoms with Crippen molar-refractivity contribution in [3.8, 4) is 5.75 Å². The zero-order chi connectivity index (χ0) is 15.4. The highest BCUT2D eigenvalue weighted by atomic mass is 19.1. The number of primary amides is 1. The molecule has 0 spiro atoms. The molecule has 0 aliphatic heterocycles. The van der Waals surface area contributed by atoms with Crippen molar-refractivity contribution in [3.63, 3.8) is 0 Å². The monoisotopic (exact) mass is 290 g/mol. The number of rotatable bonds is 5. The largest absolute Gasteiger partial charge is 0.488 e. The molecule has 2 N–H and O–H groups in total. The molecular formula is C14H11FN2O4. The van der Waals surface area contributed by atoms with Gasteiger partial charge in [0.15, 0.2) is 0 Å². The lowest BCUT2D eigenvalue weighted by Gasteiger charge is -2.10. The molecule has 0 aromatic heterocycles. The molecule has 21 heavy (non-hydrogen) atoms. The maximum absolute atomic E-state index is 13.9. The summed E-state index contributed by atoms with van der Waals surface area (Å²) >= 11 is 0. The lowest BCUT2D eigenvalue weighted by atomic mass is 10.2. The molecular weight excluding hydrogens is 279 g/mol. The summed E-state index contributed by atoms with van der Waals surface area (Å²) in [6.45, 7) is -0.252. The van der Waals surface area contributed by atoms with Crippen LogP contribution in [-0.4, -0.2) is 10.8 Å². The normalized spacial score (nSPS) is 10.1. The van der Waals surface area contributed by atoms with Gasteiger partial charge in [0, 0.05) is 11.6 Å². The molecule has 2 rings (SSSR count). The molecule has 0 bridgehead atoms. The minimum atomic E-state index is -0.959. The molecule has 0 saturated heterocycles. The van der Waals surface area contributed by atoms with E-state index >= 15 is 0 Å². The molecule has 2 aromatic rings. The molecule has 7 heteroatoms. The number of amides is 1. The quantitative estimate of drug-likeness (QED) is 0.675. The number of halogens is 1. The second-order valence-electron chi connectivity index (χ2n) is 4.16. The van der Waals surface area contributed by atoms with Gasteiger partial charge >= 0.3 is 5.69 Å². The number of ether oxygens (including phenoxy) is 1. The van der Waals surface area contributed by atoms with E-state index in [0.717, 1.165) is 6.07 Å². The van der Waals surface area contributed by atoms with Crippen molar-refractivity contribution >= 4 is 11.6 Å². The molecule has 0 aliphatic carbocycles. The Labute approximate surface area is 119 Å². The first-order valence-electron chi connectivity index (χ1n) is 5.94. The van der Waals surface area contributed by atoms with Crippen LogP contribution >= 0.6 is 0 Å². The molecule has 2 aromatic carbocycles. The first kappa shape index (κ1) is 14.4. The van der Waals surface area contributed by atoms with E-state index in [4.69, 9.17) is 10.5 Å². The fourth-order valence-electron chi connectivity index (χ4n) is 1.77. The summed E-state index contributed by atoms with van der Waals surface area (Å²) in [7, 11) is 0. The zero-order valence-corrected chi connectivity index (χ0v) is 10.8. The molecule has 0 saturated carbocycles. The van der Waals surface area contributed by atoms with E-state index in [1.807, 2.05) is 0 Å². The van der Waals surface area contributed by atoms with E-state index in [9.17, 15) is 19.3 Å². The Hall–Kier alpha value is -2.96. The van der Waals surface area contributed by atoms with Crippen LogP contribution in [0.25, 0.3) is 0 Å². The fraction of sp³-hybridized carbons (Fsp3) is 0.0714. The SMILES string of the molecule is NC(=O)c1ccccc1OCc1cccc([N+](=O)[O-])c1F. The number of benzene rings is 2. The van der Waals surface area contributed by atoms with E-state index in [0.29, 0.717) is 0 Å². The number of hydrogen-bond acceptors (Lipinski definition) is 4. The molecule has 108 valence electrons. The Bertz CT molecular complexity index is 703. The molecule has 0 fully saturated rings. The highest BCUT2D eigenvalue weighted by Gasteiger charge is 2.18. The standard InChI is InChI=1S/C14H11FN2O4/c15-13-9(4-3-6-11(13)17(19)20)8-21-12-7-2-1-5-10(12)14(16)18/h1-7H,8H2,(H2,16,18). The summed E-state index contributed by atoms with van der Waals surface area (Å²) < 4.78 is 19.2. The summed E-state index contributed by atoms with van der Waals surface area (Å²) in [4.78, 5) is 21.1. The van der Waals surface area contributed by atoms with Gasteiger partial charge in [-0.1, -0.05) is 24.3 Å².